The van der Waals surface area contributed by atoms with Gasteiger partial charge in [0.15, 0.2) is 0 Å². The highest BCUT2D eigenvalue weighted by molar-refractivity contribution is 5.94. The molecule has 168 valence electrons. The number of carbonyl (C=O) groups excluding carboxylic acids is 2. The largest absolute Gasteiger partial charge is 0.366 e. The van der Waals surface area contributed by atoms with Gasteiger partial charge in [0.2, 0.25) is 5.91 Å². The van der Waals surface area contributed by atoms with E-state index in [-0.39, 0.29) is 18.1 Å². The van der Waals surface area contributed by atoms with Crippen molar-refractivity contribution in [3.8, 4) is 0 Å². The maximum absolute atomic E-state index is 13.3. The lowest BCUT2D eigenvalue weighted by Gasteiger charge is -2.45. The van der Waals surface area contributed by atoms with E-state index in [9.17, 15) is 9.59 Å². The van der Waals surface area contributed by atoms with Crippen LogP contribution in [0.15, 0.2) is 78.9 Å². The molecule has 0 saturated carbocycles. The molecule has 3 amide bonds. The quantitative estimate of drug-likeness (QED) is 0.618. The van der Waals surface area contributed by atoms with Crippen LogP contribution in [0, 0.1) is 0 Å². The predicted octanol–water partition coefficient (Wildman–Crippen LogP) is 4.39. The molecule has 1 unspecified atom stereocenters. The number of nitrogens with one attached hydrogen (secondary N) is 1. The first-order chi connectivity index (χ1) is 16.1. The number of nitrogens with zero attached hydrogens (tertiary/aromatic N) is 2. The summed E-state index contributed by atoms with van der Waals surface area (Å²) in [6.45, 7) is 2.54. The minimum Gasteiger partial charge on any atom is -0.366 e. The molecule has 2 aliphatic rings. The van der Waals surface area contributed by atoms with Gasteiger partial charge in [-0.25, -0.2) is 4.79 Å². The van der Waals surface area contributed by atoms with Gasteiger partial charge >= 0.3 is 6.03 Å². The van der Waals surface area contributed by atoms with E-state index in [4.69, 9.17) is 5.73 Å². The number of primary amides is 1. The van der Waals surface area contributed by atoms with Crippen LogP contribution in [-0.2, 0) is 6.54 Å². The van der Waals surface area contributed by atoms with Gasteiger partial charge in [-0.1, -0.05) is 60.7 Å². The number of para-hydroxylation sites is 1. The molecular weight excluding hydrogens is 412 g/mol. The third-order valence-electron chi connectivity index (χ3n) is 6.69. The van der Waals surface area contributed by atoms with E-state index in [0.717, 1.165) is 54.9 Å². The smallest absolute Gasteiger partial charge is 0.322 e. The topological polar surface area (TPSA) is 78.7 Å². The maximum Gasteiger partial charge on any atom is 0.322 e. The molecule has 0 spiro atoms. The molecule has 1 fully saturated rings. The molecule has 6 nitrogen and oxygen atoms in total. The number of rotatable bonds is 5. The third-order valence-corrected chi connectivity index (χ3v) is 6.69. The third kappa shape index (κ3) is 4.34. The van der Waals surface area contributed by atoms with E-state index in [1.165, 1.54) is 0 Å². The number of piperidine rings is 1. The number of urea groups is 1. The number of amides is 3. The summed E-state index contributed by atoms with van der Waals surface area (Å²) in [5.74, 6) is -0.404. The number of fused-ring (bicyclic) bond motifs is 1. The van der Waals surface area contributed by atoms with Crippen LogP contribution in [0.4, 0.5) is 10.5 Å². The summed E-state index contributed by atoms with van der Waals surface area (Å²) in [6.07, 6.45) is 1.79. The maximum atomic E-state index is 13.3. The van der Waals surface area contributed by atoms with E-state index < -0.39 is 5.91 Å². The molecule has 0 aromatic heterocycles. The first-order valence-corrected chi connectivity index (χ1v) is 11.4. The molecule has 33 heavy (non-hydrogen) atoms. The monoisotopic (exact) mass is 440 g/mol. The van der Waals surface area contributed by atoms with Crippen molar-refractivity contribution in [2.24, 2.45) is 5.73 Å². The first kappa shape index (κ1) is 21.2. The van der Waals surface area contributed by atoms with Gasteiger partial charge < -0.3 is 16.0 Å². The van der Waals surface area contributed by atoms with Crippen molar-refractivity contribution < 1.29 is 9.59 Å². The lowest BCUT2D eigenvalue weighted by atomic mass is 9.90. The summed E-state index contributed by atoms with van der Waals surface area (Å²) >= 11 is 0. The summed E-state index contributed by atoms with van der Waals surface area (Å²) in [6, 6.07) is 25.9. The molecule has 5 rings (SSSR count). The second kappa shape index (κ2) is 9.08. The number of hydrogen-bond donors (Lipinski definition) is 2. The molecule has 0 radical (unpaired) electrons. The molecule has 0 bridgehead atoms. The molecular formula is C27H28N4O2. The Balaban J connectivity index is 1.34. The van der Waals surface area contributed by atoms with Gasteiger partial charge in [-0.2, -0.15) is 0 Å². The van der Waals surface area contributed by atoms with Gasteiger partial charge in [-0.3, -0.25) is 9.69 Å². The molecule has 2 heterocycles. The zero-order valence-corrected chi connectivity index (χ0v) is 18.5. The van der Waals surface area contributed by atoms with Crippen molar-refractivity contribution >= 4 is 17.6 Å². The average Bonchev–Trinajstić information content (AvgIpc) is 2.84. The van der Waals surface area contributed by atoms with Crippen molar-refractivity contribution in [2.45, 2.75) is 31.5 Å². The second-order valence-electron chi connectivity index (χ2n) is 8.81. The minimum absolute atomic E-state index is 0.0323. The fourth-order valence-electron chi connectivity index (χ4n) is 5.09. The number of likely N-dealkylation sites (tertiary alicyclic amines) is 1. The molecule has 1 atom stereocenters. The average molecular weight is 441 g/mol. The van der Waals surface area contributed by atoms with Crippen LogP contribution in [0.5, 0.6) is 0 Å². The van der Waals surface area contributed by atoms with Gasteiger partial charge in [0.25, 0.3) is 0 Å². The van der Waals surface area contributed by atoms with Crippen molar-refractivity contribution in [1.29, 1.82) is 0 Å². The Morgan fingerprint density at radius 1 is 0.939 bits per heavy atom. The molecule has 3 aromatic rings. The number of benzene rings is 3. The van der Waals surface area contributed by atoms with Crippen molar-refractivity contribution in [2.75, 3.05) is 18.4 Å². The fraction of sp³-hybridized carbons (Fsp3) is 0.259. The van der Waals surface area contributed by atoms with E-state index >= 15 is 0 Å². The summed E-state index contributed by atoms with van der Waals surface area (Å²) in [4.78, 5) is 29.2. The Hall–Kier alpha value is -3.64. The SMILES string of the molecule is NC(=O)c1cccc(CN2CCC(N3C(=O)Nc4ccccc4C3c3ccccc3)CC2)c1. The van der Waals surface area contributed by atoms with Gasteiger partial charge in [-0.05, 0) is 42.2 Å². The summed E-state index contributed by atoms with van der Waals surface area (Å²) < 4.78 is 0. The Morgan fingerprint density at radius 2 is 1.67 bits per heavy atom. The first-order valence-electron chi connectivity index (χ1n) is 11.4. The second-order valence-corrected chi connectivity index (χ2v) is 8.81. The highest BCUT2D eigenvalue weighted by Gasteiger charge is 2.39. The lowest BCUT2D eigenvalue weighted by molar-refractivity contribution is 0.1000. The van der Waals surface area contributed by atoms with Crippen LogP contribution in [-0.4, -0.2) is 40.9 Å². The minimum atomic E-state index is -0.404. The number of nitrogens with two attached hydrogens (primary N) is 1. The highest BCUT2D eigenvalue weighted by Crippen LogP contribution is 2.40. The Labute approximate surface area is 194 Å². The Kier molecular flexibility index (Phi) is 5.84. The molecule has 0 aliphatic carbocycles. The molecule has 3 aromatic carbocycles. The van der Waals surface area contributed by atoms with Gasteiger partial charge in [0.05, 0.1) is 6.04 Å². The Bertz CT molecular complexity index is 1160. The summed E-state index contributed by atoms with van der Waals surface area (Å²) in [5.41, 5.74) is 10.2. The summed E-state index contributed by atoms with van der Waals surface area (Å²) in [7, 11) is 0. The van der Waals surface area contributed by atoms with Crippen molar-refractivity contribution in [1.82, 2.24) is 9.80 Å². The number of anilines is 1. The summed E-state index contributed by atoms with van der Waals surface area (Å²) in [5, 5.41) is 3.10. The number of hydrogen-bond acceptors (Lipinski definition) is 3. The van der Waals surface area contributed by atoms with Crippen molar-refractivity contribution in [3.63, 3.8) is 0 Å². The van der Waals surface area contributed by atoms with E-state index in [0.29, 0.717) is 5.56 Å². The van der Waals surface area contributed by atoms with E-state index in [1.807, 2.05) is 59.5 Å². The Morgan fingerprint density at radius 3 is 2.42 bits per heavy atom. The standard InChI is InChI=1S/C27H28N4O2/c28-26(32)21-10-6-7-19(17-21)18-30-15-13-22(14-16-30)31-25(20-8-2-1-3-9-20)23-11-4-5-12-24(23)29-27(31)33/h1-12,17,22,25H,13-16,18H2,(H2,28,32)(H,29,33). The van der Waals surface area contributed by atoms with Crippen LogP contribution in [0.25, 0.3) is 0 Å². The fourth-order valence-corrected chi connectivity index (χ4v) is 5.09. The van der Waals surface area contributed by atoms with Gasteiger partial charge in [-0.15, -0.1) is 0 Å². The molecule has 2 aliphatic heterocycles. The van der Waals surface area contributed by atoms with Crippen LogP contribution in [0.1, 0.15) is 45.9 Å². The van der Waals surface area contributed by atoms with Crippen LogP contribution >= 0.6 is 0 Å². The van der Waals surface area contributed by atoms with E-state index in [1.54, 1.807) is 6.07 Å². The predicted molar refractivity (Wildman–Crippen MR) is 129 cm³/mol. The zero-order valence-electron chi connectivity index (χ0n) is 18.5. The van der Waals surface area contributed by atoms with Gasteiger partial charge in [0, 0.05) is 42.5 Å². The number of carbonyl (C=O) groups is 2. The van der Waals surface area contributed by atoms with Crippen molar-refractivity contribution in [3.05, 3.63) is 101 Å². The van der Waals surface area contributed by atoms with Crippen LogP contribution in [0.2, 0.25) is 0 Å². The van der Waals surface area contributed by atoms with E-state index in [2.05, 4.69) is 28.4 Å². The highest BCUT2D eigenvalue weighted by atomic mass is 16.2. The lowest BCUT2D eigenvalue weighted by Crippen LogP contribution is -2.52. The molecule has 6 heteroatoms. The normalized spacial score (nSPS) is 19.1. The molecule has 3 N–H and O–H groups in total. The molecule has 1 saturated heterocycles. The van der Waals surface area contributed by atoms with Crippen LogP contribution in [0.3, 0.4) is 0 Å². The van der Waals surface area contributed by atoms with Crippen LogP contribution < -0.4 is 11.1 Å². The zero-order chi connectivity index (χ0) is 22.8. The van der Waals surface area contributed by atoms with Gasteiger partial charge in [0.1, 0.15) is 0 Å².